The number of ether oxygens (including phenoxy) is 4. The molecular weight excluding hydrogens is 394 g/mol. The Bertz CT molecular complexity index is 938. The van der Waals surface area contributed by atoms with Gasteiger partial charge in [0.1, 0.15) is 11.5 Å². The first kappa shape index (κ1) is 22.5. The lowest BCUT2D eigenvalue weighted by molar-refractivity contribution is -0.126. The van der Waals surface area contributed by atoms with Crippen LogP contribution in [0.3, 0.4) is 0 Å². The van der Waals surface area contributed by atoms with Crippen LogP contribution < -0.4 is 18.9 Å². The zero-order valence-corrected chi connectivity index (χ0v) is 18.9. The minimum Gasteiger partial charge on any atom is -0.497 e. The Morgan fingerprint density at radius 2 is 1.77 bits per heavy atom. The minimum absolute atomic E-state index is 0.0191. The fourth-order valence-corrected chi connectivity index (χ4v) is 3.85. The van der Waals surface area contributed by atoms with Gasteiger partial charge in [0.15, 0.2) is 11.5 Å². The summed E-state index contributed by atoms with van der Waals surface area (Å²) in [7, 11) is 4.87. The van der Waals surface area contributed by atoms with Crippen molar-refractivity contribution in [2.24, 2.45) is 0 Å². The standard InChI is InChI=1S/C25H31NO5/c1-17(2)31-22-12-8-18(15-24(22)30-5)9-13-25(27)26-14-6-7-21(26)20-11-10-19(28-3)16-23(20)29-4/h8-13,15-17,21H,6-7,14H2,1-5H3/b13-9+. The van der Waals surface area contributed by atoms with E-state index in [1.807, 2.05) is 61.2 Å². The highest BCUT2D eigenvalue weighted by molar-refractivity contribution is 5.92. The Labute approximate surface area is 184 Å². The molecule has 1 aliphatic rings. The largest absolute Gasteiger partial charge is 0.497 e. The normalized spacial score (nSPS) is 16.1. The van der Waals surface area contributed by atoms with Crippen molar-refractivity contribution in [1.29, 1.82) is 0 Å². The summed E-state index contributed by atoms with van der Waals surface area (Å²) in [5.74, 6) is 2.77. The maximum Gasteiger partial charge on any atom is 0.247 e. The molecule has 2 aromatic carbocycles. The van der Waals surface area contributed by atoms with E-state index >= 15 is 0 Å². The van der Waals surface area contributed by atoms with Gasteiger partial charge >= 0.3 is 0 Å². The summed E-state index contributed by atoms with van der Waals surface area (Å²) in [6, 6.07) is 11.4. The molecule has 0 aromatic heterocycles. The molecule has 2 aromatic rings. The van der Waals surface area contributed by atoms with Gasteiger partial charge in [0.05, 0.1) is 33.5 Å². The van der Waals surface area contributed by atoms with Gasteiger partial charge in [0.2, 0.25) is 5.91 Å². The third-order valence-electron chi connectivity index (χ3n) is 5.30. The second kappa shape index (κ2) is 10.2. The fraction of sp³-hybridized carbons (Fsp3) is 0.400. The molecule has 3 rings (SSSR count). The van der Waals surface area contributed by atoms with E-state index in [4.69, 9.17) is 18.9 Å². The fourth-order valence-electron chi connectivity index (χ4n) is 3.85. The third-order valence-corrected chi connectivity index (χ3v) is 5.30. The Morgan fingerprint density at radius 1 is 1.00 bits per heavy atom. The molecule has 0 N–H and O–H groups in total. The average molecular weight is 426 g/mol. The Balaban J connectivity index is 1.77. The van der Waals surface area contributed by atoms with Crippen molar-refractivity contribution in [2.75, 3.05) is 27.9 Å². The second-order valence-electron chi connectivity index (χ2n) is 7.71. The van der Waals surface area contributed by atoms with Crippen molar-refractivity contribution in [3.8, 4) is 23.0 Å². The molecule has 0 aliphatic carbocycles. The summed E-state index contributed by atoms with van der Waals surface area (Å²) in [5, 5.41) is 0. The summed E-state index contributed by atoms with van der Waals surface area (Å²) in [6.07, 6.45) is 5.33. The predicted molar refractivity (Wildman–Crippen MR) is 121 cm³/mol. The highest BCUT2D eigenvalue weighted by Crippen LogP contribution is 2.39. The zero-order valence-electron chi connectivity index (χ0n) is 18.9. The molecule has 1 heterocycles. The van der Waals surface area contributed by atoms with Gasteiger partial charge in [-0.05, 0) is 62.6 Å². The second-order valence-corrected chi connectivity index (χ2v) is 7.71. The van der Waals surface area contributed by atoms with E-state index in [-0.39, 0.29) is 18.1 Å². The lowest BCUT2D eigenvalue weighted by Gasteiger charge is -2.25. The van der Waals surface area contributed by atoms with Crippen LogP contribution in [-0.4, -0.2) is 44.8 Å². The van der Waals surface area contributed by atoms with E-state index in [0.717, 1.165) is 35.5 Å². The molecule has 0 spiro atoms. The van der Waals surface area contributed by atoms with Crippen LogP contribution in [0.5, 0.6) is 23.0 Å². The Morgan fingerprint density at radius 3 is 2.45 bits per heavy atom. The number of likely N-dealkylation sites (tertiary alicyclic amines) is 1. The molecule has 1 amide bonds. The zero-order chi connectivity index (χ0) is 22.4. The molecule has 31 heavy (non-hydrogen) atoms. The van der Waals surface area contributed by atoms with Crippen LogP contribution in [0.25, 0.3) is 6.08 Å². The lowest BCUT2D eigenvalue weighted by Crippen LogP contribution is -2.29. The number of carbonyl (C=O) groups excluding carboxylic acids is 1. The molecule has 0 saturated carbocycles. The average Bonchev–Trinajstić information content (AvgIpc) is 3.27. The van der Waals surface area contributed by atoms with Gasteiger partial charge in [0, 0.05) is 24.3 Å². The molecule has 1 unspecified atom stereocenters. The Kier molecular flexibility index (Phi) is 7.45. The third kappa shape index (κ3) is 5.32. The first-order valence-corrected chi connectivity index (χ1v) is 10.5. The Hall–Kier alpha value is -3.15. The molecule has 166 valence electrons. The van der Waals surface area contributed by atoms with Crippen molar-refractivity contribution in [3.05, 3.63) is 53.6 Å². The van der Waals surface area contributed by atoms with Crippen molar-refractivity contribution < 1.29 is 23.7 Å². The van der Waals surface area contributed by atoms with Gasteiger partial charge in [0.25, 0.3) is 0 Å². The topological polar surface area (TPSA) is 57.2 Å². The maximum atomic E-state index is 13.0. The van der Waals surface area contributed by atoms with E-state index in [9.17, 15) is 4.79 Å². The number of carbonyl (C=O) groups is 1. The summed E-state index contributed by atoms with van der Waals surface area (Å²) < 4.78 is 22.0. The van der Waals surface area contributed by atoms with Gasteiger partial charge in [-0.3, -0.25) is 4.79 Å². The maximum absolute atomic E-state index is 13.0. The number of amides is 1. The van der Waals surface area contributed by atoms with Crippen LogP contribution >= 0.6 is 0 Å². The monoisotopic (exact) mass is 425 g/mol. The number of nitrogens with zero attached hydrogens (tertiary/aromatic N) is 1. The van der Waals surface area contributed by atoms with E-state index in [0.29, 0.717) is 18.0 Å². The van der Waals surface area contributed by atoms with Crippen LogP contribution in [0.15, 0.2) is 42.5 Å². The highest BCUT2D eigenvalue weighted by atomic mass is 16.5. The molecule has 0 bridgehead atoms. The SMILES string of the molecule is COc1ccc(C2CCCN2C(=O)/C=C/c2ccc(OC(C)C)c(OC)c2)c(OC)c1. The smallest absolute Gasteiger partial charge is 0.247 e. The molecule has 0 radical (unpaired) electrons. The van der Waals surface area contributed by atoms with Crippen molar-refractivity contribution >= 4 is 12.0 Å². The molecular formula is C25H31NO5. The predicted octanol–water partition coefficient (Wildman–Crippen LogP) is 4.88. The van der Waals surface area contributed by atoms with Crippen LogP contribution in [0.2, 0.25) is 0 Å². The molecule has 1 aliphatic heterocycles. The number of benzene rings is 2. The summed E-state index contributed by atoms with van der Waals surface area (Å²) in [5.41, 5.74) is 1.87. The van der Waals surface area contributed by atoms with Crippen LogP contribution in [0.1, 0.15) is 43.9 Å². The minimum atomic E-state index is -0.0261. The molecule has 1 atom stereocenters. The van der Waals surface area contributed by atoms with Crippen molar-refractivity contribution in [2.45, 2.75) is 38.8 Å². The molecule has 1 saturated heterocycles. The quantitative estimate of drug-likeness (QED) is 0.565. The van der Waals surface area contributed by atoms with Gasteiger partial charge in [-0.15, -0.1) is 0 Å². The summed E-state index contributed by atoms with van der Waals surface area (Å²) >= 11 is 0. The van der Waals surface area contributed by atoms with E-state index in [1.54, 1.807) is 27.4 Å². The molecule has 6 nitrogen and oxygen atoms in total. The number of rotatable bonds is 8. The van der Waals surface area contributed by atoms with Gasteiger partial charge in [-0.25, -0.2) is 0 Å². The van der Waals surface area contributed by atoms with Gasteiger partial charge in [-0.2, -0.15) is 0 Å². The van der Waals surface area contributed by atoms with Crippen LogP contribution in [-0.2, 0) is 4.79 Å². The molecule has 1 fully saturated rings. The van der Waals surface area contributed by atoms with Crippen molar-refractivity contribution in [3.63, 3.8) is 0 Å². The van der Waals surface area contributed by atoms with E-state index in [2.05, 4.69) is 0 Å². The number of hydrogen-bond donors (Lipinski definition) is 0. The van der Waals surface area contributed by atoms with Gasteiger partial charge < -0.3 is 23.8 Å². The number of methoxy groups -OCH3 is 3. The first-order chi connectivity index (χ1) is 15.0. The van der Waals surface area contributed by atoms with Gasteiger partial charge in [-0.1, -0.05) is 6.07 Å². The van der Waals surface area contributed by atoms with Crippen LogP contribution in [0.4, 0.5) is 0 Å². The first-order valence-electron chi connectivity index (χ1n) is 10.5. The summed E-state index contributed by atoms with van der Waals surface area (Å²) in [4.78, 5) is 14.9. The summed E-state index contributed by atoms with van der Waals surface area (Å²) in [6.45, 7) is 4.65. The van der Waals surface area contributed by atoms with Crippen LogP contribution in [0, 0.1) is 0 Å². The molecule has 6 heteroatoms. The van der Waals surface area contributed by atoms with Crippen molar-refractivity contribution in [1.82, 2.24) is 4.90 Å². The van der Waals surface area contributed by atoms with E-state index < -0.39 is 0 Å². The van der Waals surface area contributed by atoms with E-state index in [1.165, 1.54) is 0 Å². The lowest BCUT2D eigenvalue weighted by atomic mass is 10.0. The number of hydrogen-bond acceptors (Lipinski definition) is 5. The highest BCUT2D eigenvalue weighted by Gasteiger charge is 2.31.